The van der Waals surface area contributed by atoms with Crippen molar-refractivity contribution < 1.29 is 13.5 Å². The highest BCUT2D eigenvalue weighted by Crippen LogP contribution is 2.28. The molecule has 0 saturated carbocycles. The summed E-state index contributed by atoms with van der Waals surface area (Å²) >= 11 is 3.27. The average molecular weight is 317 g/mol. The minimum Gasteiger partial charge on any atom is -0.496 e. The molecule has 92 valence electrons. The number of alkyl halides is 2. The van der Waals surface area contributed by atoms with Gasteiger partial charge in [0.2, 0.25) is 6.43 Å². The molecule has 0 bridgehead atoms. The number of nitrogens with two attached hydrogens (primary N) is 1. The van der Waals surface area contributed by atoms with Crippen LogP contribution in [0.1, 0.15) is 18.0 Å². The zero-order valence-corrected chi connectivity index (χ0v) is 11.0. The molecular formula is C10H13BrClF2NO. The van der Waals surface area contributed by atoms with Crippen LogP contribution in [0.4, 0.5) is 8.78 Å². The highest BCUT2D eigenvalue weighted by atomic mass is 79.9. The minimum atomic E-state index is -2.39. The SMILES string of the molecule is COc1ccc([C@@H](N)CC(F)F)cc1Br.Cl. The lowest BCUT2D eigenvalue weighted by molar-refractivity contribution is 0.128. The lowest BCUT2D eigenvalue weighted by atomic mass is 10.1. The van der Waals surface area contributed by atoms with Gasteiger partial charge in [-0.25, -0.2) is 8.78 Å². The molecule has 6 heteroatoms. The zero-order chi connectivity index (χ0) is 11.4. The highest BCUT2D eigenvalue weighted by molar-refractivity contribution is 9.10. The second kappa shape index (κ2) is 7.04. The van der Waals surface area contributed by atoms with Crippen LogP contribution in [0, 0.1) is 0 Å². The maximum atomic E-state index is 12.1. The Morgan fingerprint density at radius 1 is 1.44 bits per heavy atom. The summed E-state index contributed by atoms with van der Waals surface area (Å²) in [5.41, 5.74) is 6.28. The maximum Gasteiger partial charge on any atom is 0.240 e. The molecule has 0 saturated heterocycles. The van der Waals surface area contributed by atoms with Gasteiger partial charge in [-0.05, 0) is 33.6 Å². The summed E-state index contributed by atoms with van der Waals surface area (Å²) in [4.78, 5) is 0. The molecule has 0 spiro atoms. The molecule has 0 heterocycles. The van der Waals surface area contributed by atoms with E-state index in [1.807, 2.05) is 0 Å². The van der Waals surface area contributed by atoms with Crippen molar-refractivity contribution in [3.8, 4) is 5.75 Å². The Kier molecular flexibility index (Phi) is 6.87. The fourth-order valence-corrected chi connectivity index (χ4v) is 1.80. The van der Waals surface area contributed by atoms with Gasteiger partial charge in [0.25, 0.3) is 0 Å². The molecule has 1 aromatic carbocycles. The summed E-state index contributed by atoms with van der Waals surface area (Å²) in [5.74, 6) is 0.656. The summed E-state index contributed by atoms with van der Waals surface area (Å²) in [6, 6.07) is 4.44. The standard InChI is InChI=1S/C10H12BrF2NO.ClH/c1-15-9-3-2-6(4-7(9)11)8(14)5-10(12)13;/h2-4,8,10H,5,14H2,1H3;1H/t8-;/m0./s1. The van der Waals surface area contributed by atoms with Crippen molar-refractivity contribution in [3.63, 3.8) is 0 Å². The third kappa shape index (κ3) is 4.23. The molecule has 0 aromatic heterocycles. The lowest BCUT2D eigenvalue weighted by Crippen LogP contribution is -2.13. The first-order valence-electron chi connectivity index (χ1n) is 4.41. The lowest BCUT2D eigenvalue weighted by Gasteiger charge is -2.13. The van der Waals surface area contributed by atoms with Crippen LogP contribution in [0.5, 0.6) is 5.75 Å². The van der Waals surface area contributed by atoms with E-state index in [2.05, 4.69) is 15.9 Å². The van der Waals surface area contributed by atoms with E-state index < -0.39 is 12.5 Å². The van der Waals surface area contributed by atoms with E-state index in [0.717, 1.165) is 0 Å². The van der Waals surface area contributed by atoms with Crippen molar-refractivity contribution in [1.82, 2.24) is 0 Å². The predicted molar refractivity (Wildman–Crippen MR) is 65.5 cm³/mol. The average Bonchev–Trinajstić information content (AvgIpc) is 2.16. The number of hydrogen-bond acceptors (Lipinski definition) is 2. The van der Waals surface area contributed by atoms with Crippen molar-refractivity contribution in [2.45, 2.75) is 18.9 Å². The largest absolute Gasteiger partial charge is 0.496 e. The Balaban J connectivity index is 0.00000225. The predicted octanol–water partition coefficient (Wildman–Crippen LogP) is 3.53. The number of halogens is 4. The molecule has 0 unspecified atom stereocenters. The van der Waals surface area contributed by atoms with Crippen LogP contribution in [0.2, 0.25) is 0 Å². The first-order chi connectivity index (χ1) is 7.04. The van der Waals surface area contributed by atoms with Crippen molar-refractivity contribution in [3.05, 3.63) is 28.2 Å². The van der Waals surface area contributed by atoms with Gasteiger partial charge in [-0.15, -0.1) is 12.4 Å². The number of benzene rings is 1. The van der Waals surface area contributed by atoms with Gasteiger partial charge >= 0.3 is 0 Å². The van der Waals surface area contributed by atoms with Gasteiger partial charge in [-0.1, -0.05) is 6.07 Å². The van der Waals surface area contributed by atoms with Gasteiger partial charge in [-0.2, -0.15) is 0 Å². The first-order valence-corrected chi connectivity index (χ1v) is 5.21. The van der Waals surface area contributed by atoms with Gasteiger partial charge in [-0.3, -0.25) is 0 Å². The first kappa shape index (κ1) is 15.6. The van der Waals surface area contributed by atoms with Crippen LogP contribution in [-0.4, -0.2) is 13.5 Å². The Bertz CT molecular complexity index is 339. The Morgan fingerprint density at radius 3 is 2.50 bits per heavy atom. The van der Waals surface area contributed by atoms with Crippen molar-refractivity contribution in [2.75, 3.05) is 7.11 Å². The molecular weight excluding hydrogens is 303 g/mol. The van der Waals surface area contributed by atoms with Crippen LogP contribution >= 0.6 is 28.3 Å². The summed E-state index contributed by atoms with van der Waals surface area (Å²) in [6.45, 7) is 0. The van der Waals surface area contributed by atoms with Gasteiger partial charge in [0.15, 0.2) is 0 Å². The van der Waals surface area contributed by atoms with E-state index >= 15 is 0 Å². The van der Waals surface area contributed by atoms with Gasteiger partial charge in [0.05, 0.1) is 11.6 Å². The monoisotopic (exact) mass is 315 g/mol. The van der Waals surface area contributed by atoms with Gasteiger partial charge in [0.1, 0.15) is 5.75 Å². The van der Waals surface area contributed by atoms with Gasteiger partial charge < -0.3 is 10.5 Å². The number of ether oxygens (including phenoxy) is 1. The maximum absolute atomic E-state index is 12.1. The number of rotatable bonds is 4. The van der Waals surface area contributed by atoms with E-state index in [0.29, 0.717) is 15.8 Å². The molecule has 0 aliphatic heterocycles. The fraction of sp³-hybridized carbons (Fsp3) is 0.400. The molecule has 0 fully saturated rings. The fourth-order valence-electron chi connectivity index (χ4n) is 1.24. The summed E-state index contributed by atoms with van der Waals surface area (Å²) < 4.78 is 29.9. The van der Waals surface area contributed by atoms with E-state index in [-0.39, 0.29) is 18.8 Å². The quantitative estimate of drug-likeness (QED) is 0.922. The second-order valence-corrected chi connectivity index (χ2v) is 3.98. The molecule has 2 nitrogen and oxygen atoms in total. The summed E-state index contributed by atoms with van der Waals surface area (Å²) in [7, 11) is 1.54. The van der Waals surface area contributed by atoms with Crippen LogP contribution in [-0.2, 0) is 0 Å². The van der Waals surface area contributed by atoms with Crippen LogP contribution in [0.3, 0.4) is 0 Å². The third-order valence-electron chi connectivity index (χ3n) is 2.04. The normalized spacial score (nSPS) is 12.1. The van der Waals surface area contributed by atoms with E-state index in [1.165, 1.54) is 0 Å². The zero-order valence-electron chi connectivity index (χ0n) is 8.62. The van der Waals surface area contributed by atoms with E-state index in [4.69, 9.17) is 10.5 Å². The molecule has 2 N–H and O–H groups in total. The number of hydrogen-bond donors (Lipinski definition) is 1. The Hall–Kier alpha value is -0.390. The number of methoxy groups -OCH3 is 1. The van der Waals surface area contributed by atoms with Crippen molar-refractivity contribution >= 4 is 28.3 Å². The minimum absolute atomic E-state index is 0. The van der Waals surface area contributed by atoms with Gasteiger partial charge in [0, 0.05) is 12.5 Å². The van der Waals surface area contributed by atoms with E-state index in [9.17, 15) is 8.78 Å². The molecule has 0 amide bonds. The molecule has 0 radical (unpaired) electrons. The van der Waals surface area contributed by atoms with Crippen LogP contribution < -0.4 is 10.5 Å². The third-order valence-corrected chi connectivity index (χ3v) is 2.66. The second-order valence-electron chi connectivity index (χ2n) is 3.13. The van der Waals surface area contributed by atoms with Crippen LogP contribution in [0.25, 0.3) is 0 Å². The molecule has 16 heavy (non-hydrogen) atoms. The smallest absolute Gasteiger partial charge is 0.240 e. The Morgan fingerprint density at radius 2 is 2.06 bits per heavy atom. The molecule has 1 aromatic rings. The molecule has 1 rings (SSSR count). The van der Waals surface area contributed by atoms with Crippen molar-refractivity contribution in [1.29, 1.82) is 0 Å². The highest BCUT2D eigenvalue weighted by Gasteiger charge is 2.14. The summed E-state index contributed by atoms with van der Waals surface area (Å²) in [5, 5.41) is 0. The topological polar surface area (TPSA) is 35.2 Å². The molecule has 0 aliphatic rings. The Labute approximate surface area is 108 Å². The van der Waals surface area contributed by atoms with Crippen molar-refractivity contribution in [2.24, 2.45) is 5.73 Å². The van der Waals surface area contributed by atoms with E-state index in [1.54, 1.807) is 25.3 Å². The van der Waals surface area contributed by atoms with Crippen LogP contribution in [0.15, 0.2) is 22.7 Å². The molecule has 1 atom stereocenters. The summed E-state index contributed by atoms with van der Waals surface area (Å²) in [6.07, 6.45) is -2.72. The molecule has 0 aliphatic carbocycles.